The maximum atomic E-state index is 12.7. The van der Waals surface area contributed by atoms with E-state index in [0.29, 0.717) is 25.7 Å². The van der Waals surface area contributed by atoms with E-state index in [4.69, 9.17) is 9.84 Å². The second-order valence-electron chi connectivity index (χ2n) is 6.26. The van der Waals surface area contributed by atoms with E-state index >= 15 is 0 Å². The van der Waals surface area contributed by atoms with Crippen LogP contribution in [0.3, 0.4) is 0 Å². The van der Waals surface area contributed by atoms with Gasteiger partial charge in [-0.15, -0.1) is 13.2 Å². The summed E-state index contributed by atoms with van der Waals surface area (Å²) in [5, 5.41) is 9.16. The van der Waals surface area contributed by atoms with Crippen molar-refractivity contribution >= 4 is 23.8 Å². The molecular weight excluding hydrogens is 362 g/mol. The average Bonchev–Trinajstić information content (AvgIpc) is 2.65. The predicted octanol–water partition coefficient (Wildman–Crippen LogP) is 3.41. The third-order valence-electron chi connectivity index (χ3n) is 3.93. The molecule has 2 amide bonds. The van der Waals surface area contributed by atoms with Gasteiger partial charge in [-0.25, -0.2) is 4.79 Å². The monoisotopic (exact) mass is 393 g/mol. The largest absolute Gasteiger partial charge is 0.481 e. The molecule has 0 rings (SSSR count). The molecule has 0 saturated heterocycles. The highest BCUT2D eigenvalue weighted by Crippen LogP contribution is 2.16. The standard InChI is InChI=1S/C21H31NO6/c1-4-7-9-11-13-18(23)22(19(24)14-12-10-8-5-2)17(16-20(25)26)21(27)28-15-6-3/h4-6,17H,1-3,7-16H2,(H,25,26). The highest BCUT2D eigenvalue weighted by atomic mass is 16.5. The molecule has 0 heterocycles. The van der Waals surface area contributed by atoms with E-state index in [1.54, 1.807) is 12.2 Å². The van der Waals surface area contributed by atoms with Gasteiger partial charge in [0.1, 0.15) is 12.6 Å². The molecule has 0 aromatic rings. The van der Waals surface area contributed by atoms with Gasteiger partial charge in [-0.3, -0.25) is 19.3 Å². The molecule has 0 aliphatic heterocycles. The molecule has 0 aliphatic rings. The molecule has 28 heavy (non-hydrogen) atoms. The number of carboxylic acids is 1. The van der Waals surface area contributed by atoms with Gasteiger partial charge >= 0.3 is 11.9 Å². The highest BCUT2D eigenvalue weighted by molar-refractivity contribution is 6.00. The Balaban J connectivity index is 5.40. The Kier molecular flexibility index (Phi) is 13.9. The van der Waals surface area contributed by atoms with Crippen molar-refractivity contribution in [2.45, 2.75) is 63.8 Å². The Morgan fingerprint density at radius 1 is 0.857 bits per heavy atom. The molecular formula is C21H31NO6. The number of carbonyl (C=O) groups is 4. The van der Waals surface area contributed by atoms with Crippen molar-refractivity contribution in [3.8, 4) is 0 Å². The van der Waals surface area contributed by atoms with Crippen molar-refractivity contribution in [1.82, 2.24) is 4.90 Å². The number of imide groups is 1. The van der Waals surface area contributed by atoms with Crippen LogP contribution in [-0.4, -0.2) is 46.4 Å². The topological polar surface area (TPSA) is 101 Å². The molecule has 0 fully saturated rings. The Morgan fingerprint density at radius 3 is 1.75 bits per heavy atom. The Labute approximate surface area is 166 Å². The summed E-state index contributed by atoms with van der Waals surface area (Å²) in [5.41, 5.74) is 0. The number of carboxylic acid groups (broad SMARTS) is 1. The van der Waals surface area contributed by atoms with Gasteiger partial charge in [0.2, 0.25) is 11.8 Å². The number of allylic oxidation sites excluding steroid dienone is 2. The average molecular weight is 393 g/mol. The smallest absolute Gasteiger partial charge is 0.330 e. The minimum atomic E-state index is -1.49. The van der Waals surface area contributed by atoms with Gasteiger partial charge in [0.25, 0.3) is 0 Å². The SMILES string of the molecule is C=CCCCCC(=O)N(C(=O)CCCCC=C)C(CC(=O)O)C(=O)OCC=C. The fourth-order valence-electron chi connectivity index (χ4n) is 2.54. The second-order valence-corrected chi connectivity index (χ2v) is 6.26. The first kappa shape index (κ1) is 25.3. The number of rotatable bonds is 16. The fourth-order valence-corrected chi connectivity index (χ4v) is 2.54. The fraction of sp³-hybridized carbons (Fsp3) is 0.524. The quantitative estimate of drug-likeness (QED) is 0.245. The van der Waals surface area contributed by atoms with Crippen molar-refractivity contribution in [2.75, 3.05) is 6.61 Å². The van der Waals surface area contributed by atoms with Crippen molar-refractivity contribution in [1.29, 1.82) is 0 Å². The van der Waals surface area contributed by atoms with Crippen LogP contribution in [0.5, 0.6) is 0 Å². The third kappa shape index (κ3) is 10.4. The van der Waals surface area contributed by atoms with E-state index in [2.05, 4.69) is 19.7 Å². The lowest BCUT2D eigenvalue weighted by atomic mass is 10.1. The number of amides is 2. The van der Waals surface area contributed by atoms with Crippen LogP contribution in [0.1, 0.15) is 57.8 Å². The molecule has 1 N–H and O–H groups in total. The molecule has 0 aromatic carbocycles. The summed E-state index contributed by atoms with van der Waals surface area (Å²) in [5.74, 6) is -3.37. The lowest BCUT2D eigenvalue weighted by Gasteiger charge is -2.28. The van der Waals surface area contributed by atoms with Crippen molar-refractivity contribution in [3.05, 3.63) is 38.0 Å². The van der Waals surface area contributed by atoms with Crippen LogP contribution >= 0.6 is 0 Å². The highest BCUT2D eigenvalue weighted by Gasteiger charge is 2.36. The first-order valence-electron chi connectivity index (χ1n) is 9.45. The molecule has 1 atom stereocenters. The van der Waals surface area contributed by atoms with Crippen molar-refractivity contribution < 1.29 is 29.0 Å². The molecule has 156 valence electrons. The zero-order valence-corrected chi connectivity index (χ0v) is 16.4. The molecule has 0 spiro atoms. The van der Waals surface area contributed by atoms with Gasteiger partial charge in [0.05, 0.1) is 6.42 Å². The Bertz CT molecular complexity index is 541. The summed E-state index contributed by atoms with van der Waals surface area (Å²) < 4.78 is 4.93. The summed E-state index contributed by atoms with van der Waals surface area (Å²) in [4.78, 5) is 49.7. The number of hydrogen-bond acceptors (Lipinski definition) is 5. The lowest BCUT2D eigenvalue weighted by Crippen LogP contribution is -2.50. The normalized spacial score (nSPS) is 11.1. The summed E-state index contributed by atoms with van der Waals surface area (Å²) >= 11 is 0. The minimum absolute atomic E-state index is 0.0388. The summed E-state index contributed by atoms with van der Waals surface area (Å²) in [6, 6.07) is -1.49. The zero-order valence-electron chi connectivity index (χ0n) is 16.4. The first-order valence-corrected chi connectivity index (χ1v) is 9.45. The van der Waals surface area contributed by atoms with E-state index in [-0.39, 0.29) is 19.4 Å². The number of carbonyl (C=O) groups excluding carboxylic acids is 3. The summed E-state index contributed by atoms with van der Waals surface area (Å²) in [7, 11) is 0. The van der Waals surface area contributed by atoms with Gasteiger partial charge in [0, 0.05) is 12.8 Å². The maximum absolute atomic E-state index is 12.7. The number of unbranched alkanes of at least 4 members (excludes halogenated alkanes) is 4. The Morgan fingerprint density at radius 2 is 1.36 bits per heavy atom. The van der Waals surface area contributed by atoms with Crippen LogP contribution in [0.25, 0.3) is 0 Å². The van der Waals surface area contributed by atoms with E-state index in [0.717, 1.165) is 17.7 Å². The molecule has 0 aliphatic carbocycles. The van der Waals surface area contributed by atoms with Gasteiger partial charge in [-0.2, -0.15) is 0 Å². The number of esters is 1. The van der Waals surface area contributed by atoms with Gasteiger partial charge in [-0.05, 0) is 38.5 Å². The molecule has 0 radical (unpaired) electrons. The van der Waals surface area contributed by atoms with Crippen LogP contribution in [0.2, 0.25) is 0 Å². The van der Waals surface area contributed by atoms with Gasteiger partial charge in [-0.1, -0.05) is 24.8 Å². The number of ether oxygens (including phenoxy) is 1. The Hall–Kier alpha value is -2.70. The van der Waals surface area contributed by atoms with E-state index in [9.17, 15) is 19.2 Å². The summed E-state index contributed by atoms with van der Waals surface area (Å²) in [6.45, 7) is 10.5. The van der Waals surface area contributed by atoms with Crippen LogP contribution in [0, 0.1) is 0 Å². The van der Waals surface area contributed by atoms with Gasteiger partial charge in [0.15, 0.2) is 0 Å². The number of nitrogens with zero attached hydrogens (tertiary/aromatic N) is 1. The van der Waals surface area contributed by atoms with Crippen LogP contribution < -0.4 is 0 Å². The first-order chi connectivity index (χ1) is 13.4. The molecule has 0 bridgehead atoms. The number of hydrogen-bond donors (Lipinski definition) is 1. The maximum Gasteiger partial charge on any atom is 0.330 e. The molecule has 1 unspecified atom stereocenters. The zero-order chi connectivity index (χ0) is 21.4. The molecule has 7 heteroatoms. The molecule has 0 saturated carbocycles. The van der Waals surface area contributed by atoms with Crippen LogP contribution in [0.4, 0.5) is 0 Å². The minimum Gasteiger partial charge on any atom is -0.481 e. The van der Waals surface area contributed by atoms with E-state index in [1.807, 2.05) is 0 Å². The lowest BCUT2D eigenvalue weighted by molar-refractivity contribution is -0.163. The summed E-state index contributed by atoms with van der Waals surface area (Å²) in [6.07, 6.45) is 8.04. The third-order valence-corrected chi connectivity index (χ3v) is 3.93. The van der Waals surface area contributed by atoms with Crippen LogP contribution in [0.15, 0.2) is 38.0 Å². The molecule has 7 nitrogen and oxygen atoms in total. The van der Waals surface area contributed by atoms with Gasteiger partial charge < -0.3 is 9.84 Å². The number of aliphatic carboxylic acids is 1. The predicted molar refractivity (Wildman–Crippen MR) is 106 cm³/mol. The van der Waals surface area contributed by atoms with E-state index in [1.165, 1.54) is 6.08 Å². The van der Waals surface area contributed by atoms with Crippen molar-refractivity contribution in [3.63, 3.8) is 0 Å². The van der Waals surface area contributed by atoms with Crippen LogP contribution in [-0.2, 0) is 23.9 Å². The van der Waals surface area contributed by atoms with E-state index < -0.39 is 36.2 Å². The second kappa shape index (κ2) is 15.4. The van der Waals surface area contributed by atoms with Crippen molar-refractivity contribution in [2.24, 2.45) is 0 Å². The molecule has 0 aromatic heterocycles.